The Morgan fingerprint density at radius 1 is 1.03 bits per heavy atom. The zero-order chi connectivity index (χ0) is 21.8. The number of anilines is 1. The van der Waals surface area contributed by atoms with Crippen LogP contribution in [-0.4, -0.2) is 41.8 Å². The molecule has 0 radical (unpaired) electrons. The molecule has 0 bridgehead atoms. The zero-order valence-corrected chi connectivity index (χ0v) is 16.7. The fourth-order valence-corrected chi connectivity index (χ4v) is 3.12. The fourth-order valence-electron chi connectivity index (χ4n) is 3.12. The number of nitrogens with one attached hydrogen (secondary N) is 1. The molecule has 1 aliphatic carbocycles. The van der Waals surface area contributed by atoms with Crippen LogP contribution in [0.4, 0.5) is 5.69 Å². The molecule has 30 heavy (non-hydrogen) atoms. The van der Waals surface area contributed by atoms with Gasteiger partial charge >= 0.3 is 0 Å². The van der Waals surface area contributed by atoms with E-state index in [1.165, 1.54) is 38.7 Å². The maximum Gasteiger partial charge on any atom is 0.259 e. The summed E-state index contributed by atoms with van der Waals surface area (Å²) in [6.45, 7) is 1.54. The van der Waals surface area contributed by atoms with Gasteiger partial charge in [0, 0.05) is 35.6 Å². The number of carbonyl (C=O) groups is 3. The molecule has 1 heterocycles. The van der Waals surface area contributed by atoms with E-state index in [-0.39, 0.29) is 40.4 Å². The number of phenolic OH excluding ortho intramolecular Hbond substituents is 1. The van der Waals surface area contributed by atoms with E-state index < -0.39 is 17.5 Å². The molecule has 0 atom stereocenters. The predicted molar refractivity (Wildman–Crippen MR) is 108 cm³/mol. The summed E-state index contributed by atoms with van der Waals surface area (Å²) < 4.78 is 10.1. The number of phenols is 1. The van der Waals surface area contributed by atoms with Crippen LogP contribution in [0.2, 0.25) is 0 Å². The van der Waals surface area contributed by atoms with Crippen molar-refractivity contribution in [1.29, 1.82) is 0 Å². The largest absolute Gasteiger partial charge is 0.507 e. The number of carbonyl (C=O) groups excluding carboxylic acids is 3. The van der Waals surface area contributed by atoms with E-state index in [9.17, 15) is 19.5 Å². The van der Waals surface area contributed by atoms with Gasteiger partial charge in [0.2, 0.25) is 23.1 Å². The standard InChI is InChI=1S/C22H20N2O6/c1-12-15(19(27)21(30-3)20(29-2)18(12)26)10-13-4-5-17(25)16(11-13)22(28)24-14-6-8-23-9-7-14/h4-9,11,25H,10H2,1-3H3,(H,23,24,28). The number of aromatic nitrogens is 1. The minimum Gasteiger partial charge on any atom is -0.507 e. The average molecular weight is 408 g/mol. The minimum absolute atomic E-state index is 0.0391. The SMILES string of the molecule is COC1=C(OC)C(=O)C(Cc2ccc(O)c(C(=O)Nc3ccncc3)c2)=C(C)C1=O. The number of amides is 1. The number of methoxy groups -OCH3 is 2. The Morgan fingerprint density at radius 2 is 1.67 bits per heavy atom. The molecule has 8 nitrogen and oxygen atoms in total. The van der Waals surface area contributed by atoms with Crippen molar-refractivity contribution in [3.63, 3.8) is 0 Å². The van der Waals surface area contributed by atoms with Crippen LogP contribution >= 0.6 is 0 Å². The van der Waals surface area contributed by atoms with Gasteiger partial charge in [-0.25, -0.2) is 0 Å². The van der Waals surface area contributed by atoms with Crippen molar-refractivity contribution < 1.29 is 29.0 Å². The second kappa shape index (κ2) is 8.60. The molecule has 8 heteroatoms. The van der Waals surface area contributed by atoms with Crippen molar-refractivity contribution in [3.05, 3.63) is 76.5 Å². The summed E-state index contributed by atoms with van der Waals surface area (Å²) in [4.78, 5) is 41.8. The van der Waals surface area contributed by atoms with E-state index in [0.29, 0.717) is 11.3 Å². The smallest absolute Gasteiger partial charge is 0.259 e. The highest BCUT2D eigenvalue weighted by Gasteiger charge is 2.34. The van der Waals surface area contributed by atoms with Crippen molar-refractivity contribution in [2.24, 2.45) is 0 Å². The van der Waals surface area contributed by atoms with Gasteiger partial charge in [-0.1, -0.05) is 6.07 Å². The first kappa shape index (κ1) is 20.8. The molecular formula is C22H20N2O6. The zero-order valence-electron chi connectivity index (χ0n) is 16.7. The van der Waals surface area contributed by atoms with Crippen molar-refractivity contribution in [1.82, 2.24) is 4.98 Å². The van der Waals surface area contributed by atoms with Crippen molar-refractivity contribution in [3.8, 4) is 5.75 Å². The molecule has 154 valence electrons. The van der Waals surface area contributed by atoms with E-state index in [2.05, 4.69) is 10.3 Å². The highest BCUT2D eigenvalue weighted by atomic mass is 16.5. The van der Waals surface area contributed by atoms with Gasteiger partial charge in [-0.15, -0.1) is 0 Å². The third-order valence-electron chi connectivity index (χ3n) is 4.72. The molecule has 1 aliphatic rings. The minimum atomic E-state index is -0.517. The lowest BCUT2D eigenvalue weighted by Gasteiger charge is -2.20. The summed E-state index contributed by atoms with van der Waals surface area (Å²) >= 11 is 0. The molecule has 0 aliphatic heterocycles. The van der Waals surface area contributed by atoms with Crippen LogP contribution in [0.1, 0.15) is 22.8 Å². The second-order valence-electron chi connectivity index (χ2n) is 6.55. The Kier molecular flexibility index (Phi) is 5.96. The lowest BCUT2D eigenvalue weighted by molar-refractivity contribution is -0.121. The molecule has 2 aromatic rings. The Bertz CT molecular complexity index is 1090. The first-order valence-electron chi connectivity index (χ1n) is 9.02. The van der Waals surface area contributed by atoms with Crippen LogP contribution in [-0.2, 0) is 25.5 Å². The lowest BCUT2D eigenvalue weighted by atomic mass is 9.88. The first-order valence-corrected chi connectivity index (χ1v) is 9.02. The number of allylic oxidation sites excluding steroid dienone is 2. The van der Waals surface area contributed by atoms with Crippen LogP contribution in [0.5, 0.6) is 5.75 Å². The summed E-state index contributed by atoms with van der Waals surface area (Å²) in [6, 6.07) is 7.66. The van der Waals surface area contributed by atoms with E-state index >= 15 is 0 Å². The molecule has 1 amide bonds. The predicted octanol–water partition coefficient (Wildman–Crippen LogP) is 2.55. The summed E-state index contributed by atoms with van der Waals surface area (Å²) in [6.07, 6.45) is 3.14. The number of ketones is 2. The van der Waals surface area contributed by atoms with Gasteiger partial charge in [-0.05, 0) is 36.8 Å². The van der Waals surface area contributed by atoms with Crippen molar-refractivity contribution in [2.45, 2.75) is 13.3 Å². The van der Waals surface area contributed by atoms with Crippen LogP contribution in [0, 0.1) is 0 Å². The maximum absolute atomic E-state index is 12.8. The molecule has 1 aromatic heterocycles. The number of pyridine rings is 1. The molecule has 3 rings (SSSR count). The molecule has 0 fully saturated rings. The monoisotopic (exact) mass is 408 g/mol. The van der Waals surface area contributed by atoms with Crippen molar-refractivity contribution >= 4 is 23.2 Å². The summed E-state index contributed by atoms with van der Waals surface area (Å²) in [5.74, 6) is -1.90. The summed E-state index contributed by atoms with van der Waals surface area (Å²) in [7, 11) is 2.59. The third-order valence-corrected chi connectivity index (χ3v) is 4.72. The molecule has 2 N–H and O–H groups in total. The molecular weight excluding hydrogens is 388 g/mol. The Balaban J connectivity index is 1.90. The highest BCUT2D eigenvalue weighted by Crippen LogP contribution is 2.29. The molecule has 0 saturated heterocycles. The number of benzene rings is 1. The topological polar surface area (TPSA) is 115 Å². The van der Waals surface area contributed by atoms with Gasteiger partial charge in [0.25, 0.3) is 5.91 Å². The number of aromatic hydroxyl groups is 1. The van der Waals surface area contributed by atoms with E-state index in [1.54, 1.807) is 25.1 Å². The maximum atomic E-state index is 12.8. The van der Waals surface area contributed by atoms with Crippen molar-refractivity contribution in [2.75, 3.05) is 19.5 Å². The van der Waals surface area contributed by atoms with Crippen LogP contribution in [0.25, 0.3) is 0 Å². The first-order chi connectivity index (χ1) is 14.4. The number of hydrogen-bond acceptors (Lipinski definition) is 7. The lowest BCUT2D eigenvalue weighted by Crippen LogP contribution is -2.26. The number of ether oxygens (including phenoxy) is 2. The van der Waals surface area contributed by atoms with Crippen LogP contribution < -0.4 is 5.32 Å². The van der Waals surface area contributed by atoms with Gasteiger partial charge in [0.1, 0.15) is 5.75 Å². The molecule has 0 spiro atoms. The summed E-state index contributed by atoms with van der Waals surface area (Å²) in [5, 5.41) is 12.8. The van der Waals surface area contributed by atoms with E-state index in [0.717, 1.165) is 0 Å². The highest BCUT2D eigenvalue weighted by molar-refractivity contribution is 6.23. The van der Waals surface area contributed by atoms with Gasteiger partial charge in [0.15, 0.2) is 0 Å². The normalized spacial score (nSPS) is 14.1. The van der Waals surface area contributed by atoms with Gasteiger partial charge in [-0.3, -0.25) is 19.4 Å². The van der Waals surface area contributed by atoms with Crippen LogP contribution in [0.15, 0.2) is 65.4 Å². The molecule has 1 aromatic carbocycles. The van der Waals surface area contributed by atoms with Gasteiger partial charge in [0.05, 0.1) is 19.8 Å². The average Bonchev–Trinajstić information content (AvgIpc) is 2.75. The van der Waals surface area contributed by atoms with Gasteiger partial charge in [-0.2, -0.15) is 0 Å². The Hall–Kier alpha value is -3.94. The van der Waals surface area contributed by atoms with E-state index in [4.69, 9.17) is 9.47 Å². The Morgan fingerprint density at radius 3 is 2.30 bits per heavy atom. The second-order valence-corrected chi connectivity index (χ2v) is 6.55. The quantitative estimate of drug-likeness (QED) is 0.706. The van der Waals surface area contributed by atoms with Gasteiger partial charge < -0.3 is 19.9 Å². The van der Waals surface area contributed by atoms with E-state index in [1.807, 2.05) is 0 Å². The van der Waals surface area contributed by atoms with Crippen LogP contribution in [0.3, 0.4) is 0 Å². The number of hydrogen-bond donors (Lipinski definition) is 2. The number of nitrogens with zero attached hydrogens (tertiary/aromatic N) is 1. The molecule has 0 saturated carbocycles. The number of Topliss-reactive ketones (excluding diaryl/α,β-unsaturated/α-hetero) is 2. The summed E-state index contributed by atoms with van der Waals surface area (Å²) in [5.41, 5.74) is 1.61. The fraction of sp³-hybridized carbons (Fsp3) is 0.182. The molecule has 0 unspecified atom stereocenters. The number of rotatable bonds is 6. The Labute approximate surface area is 172 Å². The third kappa shape index (κ3) is 3.93.